The number of nitrogens with one attached hydrogen (secondary N) is 1. The summed E-state index contributed by atoms with van der Waals surface area (Å²) in [6, 6.07) is 4.93. The normalized spacial score (nSPS) is 10.9. The van der Waals surface area contributed by atoms with Crippen molar-refractivity contribution in [3.63, 3.8) is 0 Å². The molecule has 0 saturated carbocycles. The van der Waals surface area contributed by atoms with Crippen molar-refractivity contribution in [3.8, 4) is 0 Å². The van der Waals surface area contributed by atoms with Gasteiger partial charge in [-0.3, -0.25) is 4.79 Å². The van der Waals surface area contributed by atoms with Gasteiger partial charge in [0.05, 0.1) is 23.6 Å². The van der Waals surface area contributed by atoms with Gasteiger partial charge in [0.1, 0.15) is 17.4 Å². The number of rotatable bonds is 3. The zero-order valence-electron chi connectivity index (χ0n) is 9.98. The molecule has 0 saturated heterocycles. The minimum atomic E-state index is -0.752. The quantitative estimate of drug-likeness (QED) is 0.684. The van der Waals surface area contributed by atoms with Crippen molar-refractivity contribution >= 4 is 12.1 Å². The Bertz CT molecular complexity index is 615. The van der Waals surface area contributed by atoms with Crippen LogP contribution in [-0.4, -0.2) is 12.1 Å². The number of carbonyl (C=O) groups excluding carboxylic acids is 1. The molecule has 2 aromatic rings. The molecule has 19 heavy (non-hydrogen) atoms. The van der Waals surface area contributed by atoms with E-state index in [-0.39, 0.29) is 5.56 Å². The van der Waals surface area contributed by atoms with Crippen LogP contribution in [0, 0.1) is 18.6 Å². The lowest BCUT2D eigenvalue weighted by atomic mass is 10.2. The Hall–Kier alpha value is -2.50. The summed E-state index contributed by atoms with van der Waals surface area (Å²) in [6.45, 7) is 1.62. The molecule has 0 unspecified atom stereocenters. The Labute approximate surface area is 107 Å². The molecule has 0 aliphatic rings. The molecule has 1 aromatic heterocycles. The van der Waals surface area contributed by atoms with E-state index in [0.717, 1.165) is 18.3 Å². The first-order chi connectivity index (χ1) is 9.09. The van der Waals surface area contributed by atoms with Crippen LogP contribution in [0.3, 0.4) is 0 Å². The van der Waals surface area contributed by atoms with Crippen molar-refractivity contribution in [2.24, 2.45) is 5.10 Å². The molecule has 1 amide bonds. The van der Waals surface area contributed by atoms with Gasteiger partial charge < -0.3 is 4.42 Å². The summed E-state index contributed by atoms with van der Waals surface area (Å²) in [5.41, 5.74) is 2.16. The largest absolute Gasteiger partial charge is 0.469 e. The molecule has 1 N–H and O–H groups in total. The Morgan fingerprint density at radius 1 is 1.32 bits per heavy atom. The van der Waals surface area contributed by atoms with Gasteiger partial charge in [-0.2, -0.15) is 5.10 Å². The van der Waals surface area contributed by atoms with Crippen LogP contribution in [-0.2, 0) is 0 Å². The highest BCUT2D eigenvalue weighted by molar-refractivity contribution is 5.95. The van der Waals surface area contributed by atoms with Crippen molar-refractivity contribution in [2.75, 3.05) is 0 Å². The standard InChI is InChI=1S/C13H10F2N2O2/c1-8-9(5-6-19-8)13(18)17-16-7-10-11(14)3-2-4-12(10)15/h2-7H,1H3,(H,17,18)/b16-7-. The van der Waals surface area contributed by atoms with Gasteiger partial charge in [0.2, 0.25) is 0 Å². The third kappa shape index (κ3) is 2.85. The summed E-state index contributed by atoms with van der Waals surface area (Å²) in [5, 5.41) is 3.51. The van der Waals surface area contributed by atoms with E-state index in [2.05, 4.69) is 10.5 Å². The highest BCUT2D eigenvalue weighted by atomic mass is 19.1. The van der Waals surface area contributed by atoms with Gasteiger partial charge >= 0.3 is 0 Å². The van der Waals surface area contributed by atoms with Crippen molar-refractivity contribution in [2.45, 2.75) is 6.92 Å². The summed E-state index contributed by atoms with van der Waals surface area (Å²) >= 11 is 0. The fraction of sp³-hybridized carbons (Fsp3) is 0.0769. The minimum Gasteiger partial charge on any atom is -0.469 e. The van der Waals surface area contributed by atoms with Crippen LogP contribution in [0.25, 0.3) is 0 Å². The predicted molar refractivity (Wildman–Crippen MR) is 64.9 cm³/mol. The topological polar surface area (TPSA) is 54.6 Å². The number of nitrogens with zero attached hydrogens (tertiary/aromatic N) is 1. The summed E-state index contributed by atoms with van der Waals surface area (Å²) in [6.07, 6.45) is 2.28. The maximum Gasteiger partial charge on any atom is 0.274 e. The molecule has 0 aliphatic carbocycles. The number of halogens is 2. The van der Waals surface area contributed by atoms with Gasteiger partial charge in [0, 0.05) is 0 Å². The van der Waals surface area contributed by atoms with Gasteiger partial charge in [0.15, 0.2) is 0 Å². The zero-order valence-corrected chi connectivity index (χ0v) is 9.98. The van der Waals surface area contributed by atoms with Crippen LogP contribution in [0.15, 0.2) is 40.0 Å². The molecule has 2 rings (SSSR count). The summed E-state index contributed by atoms with van der Waals surface area (Å²) in [5.74, 6) is -1.58. The van der Waals surface area contributed by atoms with Gasteiger partial charge in [-0.15, -0.1) is 0 Å². The van der Waals surface area contributed by atoms with E-state index >= 15 is 0 Å². The number of aryl methyl sites for hydroxylation is 1. The molecular formula is C13H10F2N2O2. The first-order valence-corrected chi connectivity index (χ1v) is 5.41. The first-order valence-electron chi connectivity index (χ1n) is 5.41. The molecular weight excluding hydrogens is 254 g/mol. The number of benzene rings is 1. The molecule has 0 aliphatic heterocycles. The van der Waals surface area contributed by atoms with Gasteiger partial charge in [-0.05, 0) is 25.1 Å². The zero-order chi connectivity index (χ0) is 13.8. The Kier molecular flexibility index (Phi) is 3.70. The van der Waals surface area contributed by atoms with Gasteiger partial charge in [-0.25, -0.2) is 14.2 Å². The lowest BCUT2D eigenvalue weighted by Gasteiger charge is -1.99. The van der Waals surface area contributed by atoms with E-state index in [1.165, 1.54) is 18.4 Å². The van der Waals surface area contributed by atoms with Crippen LogP contribution in [0.5, 0.6) is 0 Å². The number of hydrogen-bond donors (Lipinski definition) is 1. The van der Waals surface area contributed by atoms with E-state index in [1.807, 2.05) is 0 Å². The molecule has 0 fully saturated rings. The van der Waals surface area contributed by atoms with Crippen LogP contribution < -0.4 is 5.43 Å². The SMILES string of the molecule is Cc1occc1C(=O)N/N=C\c1c(F)cccc1F. The summed E-state index contributed by atoms with van der Waals surface area (Å²) in [4.78, 5) is 11.6. The van der Waals surface area contributed by atoms with Gasteiger partial charge in [-0.1, -0.05) is 6.07 Å². The maximum absolute atomic E-state index is 13.3. The summed E-state index contributed by atoms with van der Waals surface area (Å²) in [7, 11) is 0. The van der Waals surface area contributed by atoms with Crippen LogP contribution >= 0.6 is 0 Å². The lowest BCUT2D eigenvalue weighted by Crippen LogP contribution is -2.18. The molecule has 0 atom stereocenters. The minimum absolute atomic E-state index is 0.311. The lowest BCUT2D eigenvalue weighted by molar-refractivity contribution is 0.0953. The fourth-order valence-electron chi connectivity index (χ4n) is 1.47. The number of amides is 1. The van der Waals surface area contributed by atoms with Gasteiger partial charge in [0.25, 0.3) is 5.91 Å². The van der Waals surface area contributed by atoms with E-state index in [0.29, 0.717) is 11.3 Å². The Morgan fingerprint density at radius 2 is 2.00 bits per heavy atom. The third-order valence-electron chi connectivity index (χ3n) is 2.46. The van der Waals surface area contributed by atoms with E-state index in [4.69, 9.17) is 4.42 Å². The smallest absolute Gasteiger partial charge is 0.274 e. The number of carbonyl (C=O) groups is 1. The van der Waals surface area contributed by atoms with Crippen molar-refractivity contribution < 1.29 is 18.0 Å². The van der Waals surface area contributed by atoms with Crippen LogP contribution in [0.4, 0.5) is 8.78 Å². The van der Waals surface area contributed by atoms with Crippen LogP contribution in [0.2, 0.25) is 0 Å². The number of hydrogen-bond acceptors (Lipinski definition) is 3. The monoisotopic (exact) mass is 264 g/mol. The highest BCUT2D eigenvalue weighted by Gasteiger charge is 2.10. The molecule has 1 aromatic carbocycles. The summed E-state index contributed by atoms with van der Waals surface area (Å²) < 4.78 is 31.5. The second kappa shape index (κ2) is 5.43. The van der Waals surface area contributed by atoms with E-state index in [1.54, 1.807) is 6.92 Å². The molecule has 1 heterocycles. The Morgan fingerprint density at radius 3 is 2.58 bits per heavy atom. The molecule has 0 bridgehead atoms. The second-order valence-electron chi connectivity index (χ2n) is 3.72. The molecule has 0 radical (unpaired) electrons. The number of furan rings is 1. The molecule has 4 nitrogen and oxygen atoms in total. The predicted octanol–water partition coefficient (Wildman–Crippen LogP) is 2.63. The number of hydrazone groups is 1. The van der Waals surface area contributed by atoms with Crippen molar-refractivity contribution in [1.29, 1.82) is 0 Å². The Balaban J connectivity index is 2.09. The molecule has 6 heteroatoms. The van der Waals surface area contributed by atoms with Crippen LogP contribution in [0.1, 0.15) is 21.7 Å². The van der Waals surface area contributed by atoms with Crippen molar-refractivity contribution in [3.05, 3.63) is 59.1 Å². The third-order valence-corrected chi connectivity index (χ3v) is 2.46. The van der Waals surface area contributed by atoms with Crippen molar-refractivity contribution in [1.82, 2.24) is 5.43 Å². The molecule has 0 spiro atoms. The maximum atomic E-state index is 13.3. The van der Waals surface area contributed by atoms with E-state index in [9.17, 15) is 13.6 Å². The average molecular weight is 264 g/mol. The fourth-order valence-corrected chi connectivity index (χ4v) is 1.47. The molecule has 98 valence electrons. The highest BCUT2D eigenvalue weighted by Crippen LogP contribution is 2.10. The second-order valence-corrected chi connectivity index (χ2v) is 3.72. The van der Waals surface area contributed by atoms with E-state index < -0.39 is 17.5 Å². The first kappa shape index (κ1) is 12.9. The average Bonchev–Trinajstić information content (AvgIpc) is 2.79.